The molecule has 3 aromatic rings. The maximum absolute atomic E-state index is 13.3. The molecule has 1 aliphatic rings. The third-order valence-corrected chi connectivity index (χ3v) is 6.04. The number of rotatable bonds is 4. The molecule has 5 nitrogen and oxygen atoms in total. The predicted molar refractivity (Wildman–Crippen MR) is 105 cm³/mol. The average Bonchev–Trinajstić information content (AvgIpc) is 3.07. The van der Waals surface area contributed by atoms with Crippen molar-refractivity contribution in [3.05, 3.63) is 69.7 Å². The van der Waals surface area contributed by atoms with E-state index in [0.29, 0.717) is 22.6 Å². The van der Waals surface area contributed by atoms with Gasteiger partial charge in [-0.3, -0.25) is 4.79 Å². The van der Waals surface area contributed by atoms with Gasteiger partial charge in [-0.25, -0.2) is 9.18 Å². The summed E-state index contributed by atoms with van der Waals surface area (Å²) in [7, 11) is 1.55. The van der Waals surface area contributed by atoms with Gasteiger partial charge in [-0.05, 0) is 35.4 Å². The first kappa shape index (κ1) is 18.2. The third-order valence-electron chi connectivity index (χ3n) is 4.75. The minimum Gasteiger partial charge on any atom is -0.497 e. The molecule has 1 unspecified atom stereocenters. The van der Waals surface area contributed by atoms with Crippen molar-refractivity contribution < 1.29 is 23.8 Å². The summed E-state index contributed by atoms with van der Waals surface area (Å²) < 4.78 is 18.5. The average molecular weight is 397 g/mol. The number of carboxylic acids is 1. The second-order valence-corrected chi connectivity index (χ2v) is 7.49. The number of carboxylic acid groups (broad SMARTS) is 1. The lowest BCUT2D eigenvalue weighted by Gasteiger charge is -2.24. The second kappa shape index (κ2) is 7.09. The van der Waals surface area contributed by atoms with Crippen LogP contribution in [0.15, 0.2) is 48.5 Å². The molecule has 1 atom stereocenters. The number of anilines is 1. The van der Waals surface area contributed by atoms with Crippen LogP contribution in [0.2, 0.25) is 0 Å². The van der Waals surface area contributed by atoms with E-state index in [9.17, 15) is 19.1 Å². The van der Waals surface area contributed by atoms with Gasteiger partial charge < -0.3 is 15.2 Å². The zero-order valence-corrected chi connectivity index (χ0v) is 15.7. The molecule has 0 radical (unpaired) electrons. The number of carbonyl (C=O) groups excluding carboxylic acids is 1. The van der Waals surface area contributed by atoms with Crippen molar-refractivity contribution >= 4 is 28.9 Å². The summed E-state index contributed by atoms with van der Waals surface area (Å²) >= 11 is 1.14. The number of hydrogen-bond donors (Lipinski definition) is 2. The lowest BCUT2D eigenvalue weighted by Crippen LogP contribution is -2.22. The van der Waals surface area contributed by atoms with E-state index in [1.165, 1.54) is 12.1 Å². The molecule has 28 heavy (non-hydrogen) atoms. The van der Waals surface area contributed by atoms with E-state index in [4.69, 9.17) is 4.74 Å². The third kappa shape index (κ3) is 3.14. The molecule has 2 N–H and O–H groups in total. The number of methoxy groups -OCH3 is 1. The van der Waals surface area contributed by atoms with Crippen LogP contribution in [0.25, 0.3) is 11.1 Å². The van der Waals surface area contributed by atoms with Crippen LogP contribution in [0.4, 0.5) is 10.1 Å². The van der Waals surface area contributed by atoms with Crippen molar-refractivity contribution in [2.45, 2.75) is 12.3 Å². The van der Waals surface area contributed by atoms with E-state index in [1.54, 1.807) is 43.5 Å². The van der Waals surface area contributed by atoms with Crippen molar-refractivity contribution in [3.8, 4) is 16.9 Å². The van der Waals surface area contributed by atoms with Gasteiger partial charge in [0.2, 0.25) is 5.91 Å². The Morgan fingerprint density at radius 2 is 1.86 bits per heavy atom. The summed E-state index contributed by atoms with van der Waals surface area (Å²) in [6.45, 7) is 0. The van der Waals surface area contributed by atoms with Gasteiger partial charge in [-0.1, -0.05) is 24.3 Å². The fourth-order valence-electron chi connectivity index (χ4n) is 3.43. The Hall–Kier alpha value is -3.19. The van der Waals surface area contributed by atoms with Gasteiger partial charge in [0.1, 0.15) is 16.4 Å². The molecule has 7 heteroatoms. The van der Waals surface area contributed by atoms with Crippen LogP contribution in [0.5, 0.6) is 5.75 Å². The van der Waals surface area contributed by atoms with E-state index < -0.39 is 5.97 Å². The summed E-state index contributed by atoms with van der Waals surface area (Å²) in [5, 5.41) is 12.6. The summed E-state index contributed by atoms with van der Waals surface area (Å²) in [6.07, 6.45) is 0.181. The number of carbonyl (C=O) groups is 2. The van der Waals surface area contributed by atoms with Crippen LogP contribution in [-0.4, -0.2) is 24.1 Å². The summed E-state index contributed by atoms with van der Waals surface area (Å²) in [5.74, 6) is -1.29. The van der Waals surface area contributed by atoms with Crippen LogP contribution in [-0.2, 0) is 4.79 Å². The van der Waals surface area contributed by atoms with Crippen molar-refractivity contribution in [3.63, 3.8) is 0 Å². The number of fused-ring (bicyclic) bond motifs is 1. The van der Waals surface area contributed by atoms with Gasteiger partial charge in [0.05, 0.1) is 12.8 Å². The second-order valence-electron chi connectivity index (χ2n) is 6.44. The Morgan fingerprint density at radius 1 is 1.18 bits per heavy atom. The fourth-order valence-corrected chi connectivity index (χ4v) is 4.68. The highest BCUT2D eigenvalue weighted by Crippen LogP contribution is 2.49. The van der Waals surface area contributed by atoms with Gasteiger partial charge in [0, 0.05) is 22.8 Å². The fraction of sp³-hybridized carbons (Fsp3) is 0.143. The molecule has 0 saturated heterocycles. The van der Waals surface area contributed by atoms with Crippen molar-refractivity contribution in [1.82, 2.24) is 0 Å². The van der Waals surface area contributed by atoms with Gasteiger partial charge in [-0.2, -0.15) is 0 Å². The topological polar surface area (TPSA) is 75.6 Å². The minimum absolute atomic E-state index is 0.157. The molecule has 0 bridgehead atoms. The van der Waals surface area contributed by atoms with Crippen molar-refractivity contribution in [2.24, 2.45) is 0 Å². The molecular weight excluding hydrogens is 381 g/mol. The van der Waals surface area contributed by atoms with Crippen LogP contribution in [0.3, 0.4) is 0 Å². The zero-order chi connectivity index (χ0) is 19.8. The largest absolute Gasteiger partial charge is 0.497 e. The van der Waals surface area contributed by atoms with E-state index in [1.807, 2.05) is 0 Å². The zero-order valence-electron chi connectivity index (χ0n) is 14.9. The normalized spacial score (nSPS) is 15.6. The Morgan fingerprint density at radius 3 is 2.46 bits per heavy atom. The SMILES string of the molecule is COc1ccc(-c2c(C(=O)O)sc3c2NC(=O)CC3c2ccc(F)cc2)cc1. The van der Waals surface area contributed by atoms with Gasteiger partial charge >= 0.3 is 5.97 Å². The van der Waals surface area contributed by atoms with Gasteiger partial charge in [0.25, 0.3) is 0 Å². The van der Waals surface area contributed by atoms with Crippen LogP contribution in [0, 0.1) is 5.82 Å². The Kier molecular flexibility index (Phi) is 4.60. The van der Waals surface area contributed by atoms with E-state index in [0.717, 1.165) is 21.8 Å². The number of halogens is 1. The first-order valence-electron chi connectivity index (χ1n) is 8.57. The highest BCUT2D eigenvalue weighted by molar-refractivity contribution is 7.15. The van der Waals surface area contributed by atoms with Crippen LogP contribution in [0.1, 0.15) is 32.5 Å². The number of benzene rings is 2. The van der Waals surface area contributed by atoms with E-state index >= 15 is 0 Å². The lowest BCUT2D eigenvalue weighted by molar-refractivity contribution is -0.116. The van der Waals surface area contributed by atoms with Crippen molar-refractivity contribution in [2.75, 3.05) is 12.4 Å². The standard InChI is InChI=1S/C21H16FNO4S/c1-27-14-8-4-12(5-9-14)17-18-19(28-20(17)21(25)26)15(10-16(24)23-18)11-2-6-13(22)7-3-11/h2-9,15H,10H2,1H3,(H,23,24)(H,25,26). The molecular formula is C21H16FNO4S. The number of nitrogens with one attached hydrogen (secondary N) is 1. The Balaban J connectivity index is 1.89. The molecule has 142 valence electrons. The number of amides is 1. The quantitative estimate of drug-likeness (QED) is 0.667. The molecule has 0 fully saturated rings. The highest BCUT2D eigenvalue weighted by atomic mass is 32.1. The molecule has 1 amide bonds. The predicted octanol–water partition coefficient (Wildman–Crippen LogP) is 4.74. The molecule has 4 rings (SSSR count). The highest BCUT2D eigenvalue weighted by Gasteiger charge is 2.34. The Bertz CT molecular complexity index is 1060. The van der Waals surface area contributed by atoms with Gasteiger partial charge in [0.15, 0.2) is 0 Å². The number of ether oxygens (including phenoxy) is 1. The minimum atomic E-state index is -1.06. The maximum atomic E-state index is 13.3. The molecule has 1 aliphatic heterocycles. The molecule has 1 aromatic heterocycles. The van der Waals surface area contributed by atoms with Gasteiger partial charge in [-0.15, -0.1) is 11.3 Å². The monoisotopic (exact) mass is 397 g/mol. The van der Waals surface area contributed by atoms with Crippen molar-refractivity contribution in [1.29, 1.82) is 0 Å². The summed E-state index contributed by atoms with van der Waals surface area (Å²) in [5.41, 5.74) is 2.45. The Labute approximate surface area is 164 Å². The van der Waals surface area contributed by atoms with E-state index in [2.05, 4.69) is 5.32 Å². The number of thiophene rings is 1. The molecule has 0 aliphatic carbocycles. The molecule has 0 spiro atoms. The first-order valence-corrected chi connectivity index (χ1v) is 9.39. The summed E-state index contributed by atoms with van der Waals surface area (Å²) in [4.78, 5) is 25.2. The number of aromatic carboxylic acids is 1. The summed E-state index contributed by atoms with van der Waals surface area (Å²) in [6, 6.07) is 13.0. The molecule has 2 aromatic carbocycles. The molecule has 0 saturated carbocycles. The van der Waals surface area contributed by atoms with E-state index in [-0.39, 0.29) is 28.9 Å². The van der Waals surface area contributed by atoms with Crippen LogP contribution >= 0.6 is 11.3 Å². The molecule has 2 heterocycles. The lowest BCUT2D eigenvalue weighted by atomic mass is 9.88. The smallest absolute Gasteiger partial charge is 0.346 e. The number of hydrogen-bond acceptors (Lipinski definition) is 4. The first-order chi connectivity index (χ1) is 13.5. The van der Waals surface area contributed by atoms with Crippen LogP contribution < -0.4 is 10.1 Å². The maximum Gasteiger partial charge on any atom is 0.346 e.